The van der Waals surface area contributed by atoms with Crippen LogP contribution >= 0.6 is 0 Å². The molecule has 2 aromatic rings. The molecule has 2 amide bonds. The largest absolute Gasteiger partial charge is 0.494 e. The van der Waals surface area contributed by atoms with Crippen molar-refractivity contribution in [2.45, 2.75) is 77.3 Å². The third kappa shape index (κ3) is 7.09. The number of carbonyl (C=O) groups excluding carboxylic acids is 2. The predicted octanol–water partition coefficient (Wildman–Crippen LogP) is 4.78. The van der Waals surface area contributed by atoms with Crippen LogP contribution in [0.15, 0.2) is 35.5 Å². The Balaban J connectivity index is 1.36. The number of hydrogen-bond acceptors (Lipinski definition) is 6. The summed E-state index contributed by atoms with van der Waals surface area (Å²) in [6, 6.07) is 6.16. The Morgan fingerprint density at radius 2 is 1.88 bits per heavy atom. The number of benzene rings is 1. The van der Waals surface area contributed by atoms with E-state index >= 15 is 0 Å². The molecule has 42 heavy (non-hydrogen) atoms. The van der Waals surface area contributed by atoms with Crippen LogP contribution in [0.1, 0.15) is 74.7 Å². The first-order valence-electron chi connectivity index (χ1n) is 15.2. The van der Waals surface area contributed by atoms with Crippen LogP contribution in [0.25, 0.3) is 0 Å². The average molecular weight is 580 g/mol. The van der Waals surface area contributed by atoms with Crippen molar-refractivity contribution in [2.24, 2.45) is 10.9 Å². The number of methoxy groups -OCH3 is 1. The quantitative estimate of drug-likeness (QED) is 0.457. The summed E-state index contributed by atoms with van der Waals surface area (Å²) in [5.74, 6) is 0.267. The van der Waals surface area contributed by atoms with Crippen LogP contribution in [-0.2, 0) is 11.2 Å². The van der Waals surface area contributed by atoms with Crippen molar-refractivity contribution in [2.75, 3.05) is 38.3 Å². The molecule has 9 nitrogen and oxygen atoms in total. The van der Waals surface area contributed by atoms with Crippen LogP contribution in [0, 0.1) is 11.7 Å². The van der Waals surface area contributed by atoms with Gasteiger partial charge in [0.2, 0.25) is 11.8 Å². The lowest BCUT2D eigenvalue weighted by Gasteiger charge is -2.36. The van der Waals surface area contributed by atoms with E-state index in [1.54, 1.807) is 0 Å². The van der Waals surface area contributed by atoms with Crippen LogP contribution in [0.2, 0.25) is 0 Å². The number of carbonyl (C=O) groups is 2. The molecule has 3 aliphatic rings. The molecule has 2 aliphatic heterocycles. The van der Waals surface area contributed by atoms with Crippen molar-refractivity contribution in [1.82, 2.24) is 15.2 Å². The van der Waals surface area contributed by atoms with Gasteiger partial charge < -0.3 is 19.7 Å². The monoisotopic (exact) mass is 579 g/mol. The van der Waals surface area contributed by atoms with Crippen molar-refractivity contribution >= 4 is 23.3 Å². The third-order valence-electron chi connectivity index (χ3n) is 8.42. The fourth-order valence-corrected chi connectivity index (χ4v) is 6.22. The number of likely N-dealkylation sites (tertiary alicyclic amines) is 1. The molecule has 0 unspecified atom stereocenters. The van der Waals surface area contributed by atoms with E-state index in [9.17, 15) is 14.0 Å². The average Bonchev–Trinajstić information content (AvgIpc) is 3.34. The summed E-state index contributed by atoms with van der Waals surface area (Å²) >= 11 is 0. The fourth-order valence-electron chi connectivity index (χ4n) is 6.22. The first kappa shape index (κ1) is 29.9. The second kappa shape index (κ2) is 13.6. The van der Waals surface area contributed by atoms with E-state index in [0.717, 1.165) is 56.6 Å². The molecule has 0 bridgehead atoms. The van der Waals surface area contributed by atoms with Gasteiger partial charge in [-0.3, -0.25) is 14.5 Å². The number of hydrogen-bond donors (Lipinski definition) is 1. The Bertz CT molecular complexity index is 1300. The molecule has 1 saturated carbocycles. The Kier molecular flexibility index (Phi) is 9.72. The highest BCUT2D eigenvalue weighted by Gasteiger charge is 2.37. The Labute approximate surface area is 247 Å². The topological polar surface area (TPSA) is 96.4 Å². The van der Waals surface area contributed by atoms with Gasteiger partial charge in [0.05, 0.1) is 12.8 Å². The number of piperidine rings is 1. The molecule has 5 rings (SSSR count). The van der Waals surface area contributed by atoms with Gasteiger partial charge in [0, 0.05) is 54.4 Å². The van der Waals surface area contributed by atoms with Gasteiger partial charge in [-0.15, -0.1) is 0 Å². The summed E-state index contributed by atoms with van der Waals surface area (Å²) in [5.41, 5.74) is 2.17. The highest BCUT2D eigenvalue weighted by Crippen LogP contribution is 2.38. The van der Waals surface area contributed by atoms with Crippen LogP contribution < -0.4 is 19.7 Å². The van der Waals surface area contributed by atoms with E-state index in [4.69, 9.17) is 9.47 Å². The minimum absolute atomic E-state index is 0.00107. The number of pyridine rings is 1. The maximum atomic E-state index is 14.0. The molecule has 1 saturated heterocycles. The minimum atomic E-state index is -0.534. The maximum absolute atomic E-state index is 14.0. The zero-order chi connectivity index (χ0) is 29.6. The molecular formula is C32H42FN5O4. The van der Waals surface area contributed by atoms with Crippen molar-refractivity contribution < 1.29 is 23.5 Å². The molecular weight excluding hydrogens is 537 g/mol. The van der Waals surface area contributed by atoms with Gasteiger partial charge in [0.1, 0.15) is 12.4 Å². The highest BCUT2D eigenvalue weighted by molar-refractivity contribution is 6.12. The summed E-state index contributed by atoms with van der Waals surface area (Å²) in [5, 5.41) is 3.04. The third-order valence-corrected chi connectivity index (χ3v) is 8.42. The normalized spacial score (nSPS) is 21.8. The van der Waals surface area contributed by atoms with Crippen molar-refractivity contribution in [1.29, 1.82) is 0 Å². The van der Waals surface area contributed by atoms with E-state index in [1.807, 2.05) is 26.1 Å². The maximum Gasteiger partial charge on any atom is 0.278 e. The number of nitrogens with zero attached hydrogens (tertiary/aromatic N) is 4. The van der Waals surface area contributed by atoms with Gasteiger partial charge in [0.25, 0.3) is 5.91 Å². The lowest BCUT2D eigenvalue weighted by atomic mass is 9.84. The van der Waals surface area contributed by atoms with E-state index in [-0.39, 0.29) is 35.2 Å². The number of amidine groups is 1. The lowest BCUT2D eigenvalue weighted by Crippen LogP contribution is -2.44. The zero-order valence-electron chi connectivity index (χ0n) is 24.9. The van der Waals surface area contributed by atoms with Gasteiger partial charge in [-0.05, 0) is 83.7 Å². The van der Waals surface area contributed by atoms with Crippen molar-refractivity contribution in [3.8, 4) is 11.6 Å². The first-order valence-corrected chi connectivity index (χ1v) is 15.2. The molecule has 1 aliphatic carbocycles. The molecule has 226 valence electrons. The number of aliphatic imine (C=N–C) groups is 1. The molecule has 1 aromatic heterocycles. The van der Waals surface area contributed by atoms with Gasteiger partial charge in [0.15, 0.2) is 11.6 Å². The van der Waals surface area contributed by atoms with Crippen LogP contribution in [-0.4, -0.2) is 73.0 Å². The Morgan fingerprint density at radius 3 is 2.60 bits per heavy atom. The number of ether oxygens (including phenoxy) is 2. The second-order valence-electron chi connectivity index (χ2n) is 11.8. The van der Waals surface area contributed by atoms with E-state index in [2.05, 4.69) is 25.1 Å². The fraction of sp³-hybridized carbons (Fsp3) is 0.562. The molecule has 1 aromatic carbocycles. The minimum Gasteiger partial charge on any atom is -0.494 e. The lowest BCUT2D eigenvalue weighted by molar-refractivity contribution is -0.126. The van der Waals surface area contributed by atoms with Gasteiger partial charge in [-0.1, -0.05) is 6.42 Å². The van der Waals surface area contributed by atoms with Gasteiger partial charge in [-0.25, -0.2) is 9.37 Å². The number of aromatic nitrogens is 1. The van der Waals surface area contributed by atoms with Crippen molar-refractivity contribution in [3.05, 3.63) is 47.4 Å². The molecule has 3 heterocycles. The standard InChI is InChI=1S/C32H42FN5O4/c1-21(2)35-31(39)22-7-10-25(11-8-22)38-27-19-30(42-16-15-37-13-5-4-6-14-37)34-20-24(27)18-29(38)36-32(40)23-9-12-26(33)28(17-23)41-3/h9,12,17,19-22,25H,4-8,10-11,13-16,18H2,1-3H3,(H,35,39). The van der Waals surface area contributed by atoms with Crippen molar-refractivity contribution in [3.63, 3.8) is 0 Å². The van der Waals surface area contributed by atoms with E-state index in [0.29, 0.717) is 24.7 Å². The summed E-state index contributed by atoms with van der Waals surface area (Å²) in [6.45, 7) is 7.60. The summed E-state index contributed by atoms with van der Waals surface area (Å²) in [7, 11) is 1.37. The molecule has 1 N–H and O–H groups in total. The number of halogens is 1. The summed E-state index contributed by atoms with van der Waals surface area (Å²) in [6.07, 6.45) is 9.14. The summed E-state index contributed by atoms with van der Waals surface area (Å²) in [4.78, 5) is 39.6. The van der Waals surface area contributed by atoms with E-state index in [1.165, 1.54) is 44.6 Å². The molecule has 2 fully saturated rings. The number of rotatable bonds is 9. The van der Waals surface area contributed by atoms with Gasteiger partial charge >= 0.3 is 0 Å². The SMILES string of the molecule is COc1cc(C(=O)N=C2Cc3cnc(OCCN4CCCCC4)cc3N2C2CCC(C(=O)NC(C)C)CC2)ccc1F. The number of amides is 2. The first-order chi connectivity index (χ1) is 20.3. The number of nitrogens with one attached hydrogen (secondary N) is 1. The molecule has 0 atom stereocenters. The molecule has 0 radical (unpaired) electrons. The molecule has 0 spiro atoms. The second-order valence-corrected chi connectivity index (χ2v) is 11.8. The predicted molar refractivity (Wildman–Crippen MR) is 160 cm³/mol. The molecule has 10 heteroatoms. The zero-order valence-corrected chi connectivity index (χ0v) is 24.9. The van der Waals surface area contributed by atoms with Crippen LogP contribution in [0.5, 0.6) is 11.6 Å². The Hall–Kier alpha value is -3.53. The van der Waals surface area contributed by atoms with Gasteiger partial charge in [-0.2, -0.15) is 4.99 Å². The number of fused-ring (bicyclic) bond motifs is 1. The van der Waals surface area contributed by atoms with E-state index < -0.39 is 11.7 Å². The summed E-state index contributed by atoms with van der Waals surface area (Å²) < 4.78 is 25.1. The van der Waals surface area contributed by atoms with Crippen LogP contribution in [0.3, 0.4) is 0 Å². The smallest absolute Gasteiger partial charge is 0.278 e. The van der Waals surface area contributed by atoms with Crippen LogP contribution in [0.4, 0.5) is 10.1 Å². The number of anilines is 1. The Morgan fingerprint density at radius 1 is 1.12 bits per heavy atom. The highest BCUT2D eigenvalue weighted by atomic mass is 19.1.